The second-order valence-corrected chi connectivity index (χ2v) is 8.93. The van der Waals surface area contributed by atoms with Crippen molar-refractivity contribution in [2.24, 2.45) is 0 Å². The molecule has 1 aliphatic rings. The number of aliphatic hydroxyl groups excluding tert-OH is 1. The Hall–Kier alpha value is -2.99. The van der Waals surface area contributed by atoms with Crippen LogP contribution in [0.1, 0.15) is 54.5 Å². The molecule has 0 saturated carbocycles. The largest absolute Gasteiger partial charge is 0.507 e. The molecule has 2 aromatic carbocycles. The van der Waals surface area contributed by atoms with Gasteiger partial charge in [0.15, 0.2) is 0 Å². The third-order valence-corrected chi connectivity index (χ3v) is 5.89. The van der Waals surface area contributed by atoms with E-state index in [4.69, 9.17) is 0 Å². The summed E-state index contributed by atoms with van der Waals surface area (Å²) in [7, 11) is 3.90. The molecule has 0 aromatic heterocycles. The SMILES string of the molecule is Cc1cc(/C(O)=C2/C(=O)C(=O)N(CCCN(C)C)C2c2ccc(C(C)C)cc2)ccc1F. The zero-order chi connectivity index (χ0) is 23.6. The maximum atomic E-state index is 13.8. The molecule has 1 aliphatic heterocycles. The van der Waals surface area contributed by atoms with Crippen LogP contribution >= 0.6 is 0 Å². The number of aryl methyl sites for hydroxylation is 1. The average Bonchev–Trinajstić information content (AvgIpc) is 3.00. The molecule has 2 aromatic rings. The molecule has 0 aliphatic carbocycles. The van der Waals surface area contributed by atoms with Crippen molar-refractivity contribution in [2.75, 3.05) is 27.2 Å². The molecule has 1 unspecified atom stereocenters. The van der Waals surface area contributed by atoms with Crippen molar-refractivity contribution in [3.8, 4) is 0 Å². The smallest absolute Gasteiger partial charge is 0.295 e. The number of halogens is 1. The Labute approximate surface area is 189 Å². The Morgan fingerprint density at radius 1 is 1.12 bits per heavy atom. The lowest BCUT2D eigenvalue weighted by atomic mass is 9.93. The van der Waals surface area contributed by atoms with E-state index in [0.29, 0.717) is 30.0 Å². The number of ketones is 1. The standard InChI is InChI=1S/C26H31FN2O3/c1-16(2)18-7-9-19(10-8-18)23-22(24(30)20-11-12-21(27)17(3)15-20)25(31)26(32)29(23)14-6-13-28(4)5/h7-12,15-16,23,30H,6,13-14H2,1-5H3/b24-22-. The molecule has 0 radical (unpaired) electrons. The topological polar surface area (TPSA) is 60.9 Å². The van der Waals surface area contributed by atoms with Gasteiger partial charge < -0.3 is 14.9 Å². The minimum absolute atomic E-state index is 0.0446. The third-order valence-electron chi connectivity index (χ3n) is 5.89. The number of aliphatic hydroxyl groups is 1. The van der Waals surface area contributed by atoms with E-state index in [1.54, 1.807) is 6.92 Å². The molecule has 3 rings (SSSR count). The van der Waals surface area contributed by atoms with Crippen molar-refractivity contribution in [2.45, 2.75) is 39.2 Å². The van der Waals surface area contributed by atoms with Gasteiger partial charge in [-0.05, 0) is 74.8 Å². The Morgan fingerprint density at radius 3 is 2.34 bits per heavy atom. The molecule has 1 fully saturated rings. The van der Waals surface area contributed by atoms with E-state index >= 15 is 0 Å². The zero-order valence-electron chi connectivity index (χ0n) is 19.4. The summed E-state index contributed by atoms with van der Waals surface area (Å²) in [5.74, 6) is -1.67. The minimum atomic E-state index is -0.715. The Bertz CT molecular complexity index is 1040. The second-order valence-electron chi connectivity index (χ2n) is 8.93. The molecular formula is C26H31FN2O3. The van der Waals surface area contributed by atoms with E-state index in [1.165, 1.54) is 23.1 Å². The minimum Gasteiger partial charge on any atom is -0.507 e. The highest BCUT2D eigenvalue weighted by atomic mass is 19.1. The molecule has 1 heterocycles. The van der Waals surface area contributed by atoms with Crippen LogP contribution in [0.4, 0.5) is 4.39 Å². The van der Waals surface area contributed by atoms with E-state index in [2.05, 4.69) is 13.8 Å². The summed E-state index contributed by atoms with van der Waals surface area (Å²) in [6.07, 6.45) is 0.691. The van der Waals surface area contributed by atoms with Gasteiger partial charge in [0, 0.05) is 12.1 Å². The molecule has 6 heteroatoms. The molecule has 0 spiro atoms. The first-order valence-electron chi connectivity index (χ1n) is 10.9. The molecule has 1 N–H and O–H groups in total. The summed E-state index contributed by atoms with van der Waals surface area (Å²) in [6, 6.07) is 11.3. The lowest BCUT2D eigenvalue weighted by molar-refractivity contribution is -0.139. The van der Waals surface area contributed by atoms with Crippen molar-refractivity contribution >= 4 is 17.4 Å². The van der Waals surface area contributed by atoms with Crippen LogP contribution in [-0.2, 0) is 9.59 Å². The summed E-state index contributed by atoms with van der Waals surface area (Å²) in [6.45, 7) is 6.93. The predicted molar refractivity (Wildman–Crippen MR) is 124 cm³/mol. The maximum absolute atomic E-state index is 13.8. The fraction of sp³-hybridized carbons (Fsp3) is 0.385. The fourth-order valence-corrected chi connectivity index (χ4v) is 4.03. The van der Waals surface area contributed by atoms with E-state index < -0.39 is 23.5 Å². The van der Waals surface area contributed by atoms with Crippen LogP contribution in [0.2, 0.25) is 0 Å². The average molecular weight is 439 g/mol. The number of rotatable bonds is 7. The molecule has 32 heavy (non-hydrogen) atoms. The molecule has 170 valence electrons. The van der Waals surface area contributed by atoms with Crippen molar-refractivity contribution in [3.63, 3.8) is 0 Å². The van der Waals surface area contributed by atoms with E-state index in [0.717, 1.165) is 17.7 Å². The van der Waals surface area contributed by atoms with Crippen LogP contribution in [0.25, 0.3) is 5.76 Å². The van der Waals surface area contributed by atoms with Crippen molar-refractivity contribution in [1.29, 1.82) is 0 Å². The summed E-state index contributed by atoms with van der Waals surface area (Å²) in [5.41, 5.74) is 2.63. The van der Waals surface area contributed by atoms with Crippen molar-refractivity contribution in [3.05, 3.63) is 76.1 Å². The lowest BCUT2D eigenvalue weighted by Gasteiger charge is -2.26. The van der Waals surface area contributed by atoms with Gasteiger partial charge in [0.1, 0.15) is 11.6 Å². The Morgan fingerprint density at radius 2 is 1.78 bits per heavy atom. The van der Waals surface area contributed by atoms with Gasteiger partial charge in [-0.3, -0.25) is 9.59 Å². The van der Waals surface area contributed by atoms with Gasteiger partial charge in [0.25, 0.3) is 11.7 Å². The molecule has 1 amide bonds. The number of hydrogen-bond donors (Lipinski definition) is 1. The Balaban J connectivity index is 2.10. The van der Waals surface area contributed by atoms with Crippen LogP contribution in [0, 0.1) is 12.7 Å². The number of carbonyl (C=O) groups excluding carboxylic acids is 2. The molecule has 5 nitrogen and oxygen atoms in total. The maximum Gasteiger partial charge on any atom is 0.295 e. The van der Waals surface area contributed by atoms with Gasteiger partial charge >= 0.3 is 0 Å². The Kier molecular flexibility index (Phi) is 7.14. The first kappa shape index (κ1) is 23.7. The quantitative estimate of drug-likeness (QED) is 0.389. The summed E-state index contributed by atoms with van der Waals surface area (Å²) < 4.78 is 13.8. The van der Waals surface area contributed by atoms with Crippen LogP contribution in [-0.4, -0.2) is 53.8 Å². The molecular weight excluding hydrogens is 407 g/mol. The van der Waals surface area contributed by atoms with Gasteiger partial charge in [-0.1, -0.05) is 38.1 Å². The number of hydrogen-bond acceptors (Lipinski definition) is 4. The third kappa shape index (κ3) is 4.75. The number of likely N-dealkylation sites (tertiary alicyclic amines) is 1. The molecule has 1 atom stereocenters. The van der Waals surface area contributed by atoms with Crippen LogP contribution in [0.5, 0.6) is 0 Å². The summed E-state index contributed by atoms with van der Waals surface area (Å²) in [5, 5.41) is 11.1. The van der Waals surface area contributed by atoms with Crippen LogP contribution in [0.15, 0.2) is 48.0 Å². The molecule has 0 bridgehead atoms. The number of carbonyl (C=O) groups is 2. The number of Topliss-reactive ketones (excluding diaryl/α,β-unsaturated/α-hetero) is 1. The van der Waals surface area contributed by atoms with E-state index in [9.17, 15) is 19.1 Å². The highest BCUT2D eigenvalue weighted by Crippen LogP contribution is 2.40. The first-order chi connectivity index (χ1) is 15.1. The van der Waals surface area contributed by atoms with Crippen LogP contribution in [0.3, 0.4) is 0 Å². The number of nitrogens with zero attached hydrogens (tertiary/aromatic N) is 2. The van der Waals surface area contributed by atoms with Crippen LogP contribution < -0.4 is 0 Å². The van der Waals surface area contributed by atoms with E-state index in [1.807, 2.05) is 43.3 Å². The molecule has 1 saturated heterocycles. The highest BCUT2D eigenvalue weighted by Gasteiger charge is 2.45. The first-order valence-corrected chi connectivity index (χ1v) is 10.9. The van der Waals surface area contributed by atoms with Crippen molar-refractivity contribution in [1.82, 2.24) is 9.80 Å². The monoisotopic (exact) mass is 438 g/mol. The number of benzene rings is 2. The zero-order valence-corrected chi connectivity index (χ0v) is 19.4. The lowest BCUT2D eigenvalue weighted by Crippen LogP contribution is -2.32. The van der Waals surface area contributed by atoms with Crippen molar-refractivity contribution < 1.29 is 19.1 Å². The van der Waals surface area contributed by atoms with Gasteiger partial charge in [0.2, 0.25) is 0 Å². The van der Waals surface area contributed by atoms with Gasteiger partial charge in [-0.2, -0.15) is 0 Å². The second kappa shape index (κ2) is 9.65. The predicted octanol–water partition coefficient (Wildman–Crippen LogP) is 4.63. The van der Waals surface area contributed by atoms with Gasteiger partial charge in [0.05, 0.1) is 11.6 Å². The van der Waals surface area contributed by atoms with Gasteiger partial charge in [-0.25, -0.2) is 4.39 Å². The van der Waals surface area contributed by atoms with Gasteiger partial charge in [-0.15, -0.1) is 0 Å². The van der Waals surface area contributed by atoms with E-state index in [-0.39, 0.29) is 11.3 Å². The highest BCUT2D eigenvalue weighted by molar-refractivity contribution is 6.46. The number of amides is 1. The normalized spacial score (nSPS) is 18.2. The summed E-state index contributed by atoms with van der Waals surface area (Å²) >= 11 is 0. The summed E-state index contributed by atoms with van der Waals surface area (Å²) in [4.78, 5) is 29.6. The fourth-order valence-electron chi connectivity index (χ4n) is 4.03.